The molecular weight excluding hydrogens is 284 g/mol. The molecule has 21 heavy (non-hydrogen) atoms. The van der Waals surface area contributed by atoms with E-state index in [1.54, 1.807) is 6.07 Å². The molecule has 1 aliphatic carbocycles. The van der Waals surface area contributed by atoms with Gasteiger partial charge >= 0.3 is 0 Å². The molecule has 2 aliphatic rings. The third-order valence-electron chi connectivity index (χ3n) is 4.37. The van der Waals surface area contributed by atoms with Gasteiger partial charge in [-0.1, -0.05) is 41.9 Å². The largest absolute Gasteiger partial charge is 0.492 e. The first-order chi connectivity index (χ1) is 10.2. The Morgan fingerprint density at radius 3 is 2.81 bits per heavy atom. The number of ketones is 1. The van der Waals surface area contributed by atoms with Gasteiger partial charge in [0.2, 0.25) is 0 Å². The molecular formula is C18H15ClO2. The molecule has 1 saturated carbocycles. The van der Waals surface area contributed by atoms with Gasteiger partial charge < -0.3 is 4.74 Å². The summed E-state index contributed by atoms with van der Waals surface area (Å²) in [5.74, 6) is 1.33. The van der Waals surface area contributed by atoms with Crippen molar-refractivity contribution in [2.75, 3.05) is 6.61 Å². The van der Waals surface area contributed by atoms with Gasteiger partial charge in [0.05, 0.1) is 12.2 Å². The Morgan fingerprint density at radius 1 is 1.19 bits per heavy atom. The summed E-state index contributed by atoms with van der Waals surface area (Å²) in [5, 5.41) is 0.625. The number of fused-ring (bicyclic) bond motifs is 1. The molecule has 2 atom stereocenters. The molecule has 0 bridgehead atoms. The molecule has 3 heteroatoms. The van der Waals surface area contributed by atoms with Crippen molar-refractivity contribution in [1.82, 2.24) is 0 Å². The highest BCUT2D eigenvalue weighted by atomic mass is 35.5. The minimum atomic E-state index is 0.0687. The molecule has 2 aromatic carbocycles. The summed E-state index contributed by atoms with van der Waals surface area (Å²) in [7, 11) is 0. The standard InChI is InChI=1S/C18H15ClO2/c19-13-8-12-6-7-21-18(12)16(9-13)17(20)15-10-14(15)11-4-2-1-3-5-11/h1-5,8-9,14-15H,6-7,10H2. The Kier molecular flexibility index (Phi) is 3.00. The average molecular weight is 299 g/mol. The zero-order valence-electron chi connectivity index (χ0n) is 11.5. The highest BCUT2D eigenvalue weighted by molar-refractivity contribution is 6.31. The van der Waals surface area contributed by atoms with E-state index in [9.17, 15) is 4.79 Å². The van der Waals surface area contributed by atoms with Gasteiger partial charge in [0, 0.05) is 17.4 Å². The topological polar surface area (TPSA) is 26.3 Å². The van der Waals surface area contributed by atoms with E-state index in [4.69, 9.17) is 16.3 Å². The van der Waals surface area contributed by atoms with Crippen LogP contribution in [0.2, 0.25) is 5.02 Å². The summed E-state index contributed by atoms with van der Waals surface area (Å²) < 4.78 is 5.65. The van der Waals surface area contributed by atoms with Gasteiger partial charge in [-0.05, 0) is 35.6 Å². The Hall–Kier alpha value is -1.80. The third kappa shape index (κ3) is 2.24. The van der Waals surface area contributed by atoms with Crippen molar-refractivity contribution in [3.8, 4) is 5.75 Å². The lowest BCUT2D eigenvalue weighted by Crippen LogP contribution is -2.05. The molecule has 4 rings (SSSR count). The first-order valence-electron chi connectivity index (χ1n) is 7.28. The van der Waals surface area contributed by atoms with Crippen LogP contribution in [0.1, 0.15) is 33.8 Å². The second-order valence-corrected chi connectivity index (χ2v) is 6.20. The van der Waals surface area contributed by atoms with Crippen LogP contribution in [0, 0.1) is 5.92 Å². The average Bonchev–Trinajstić information content (AvgIpc) is 3.17. The molecule has 0 aromatic heterocycles. The van der Waals surface area contributed by atoms with E-state index >= 15 is 0 Å². The van der Waals surface area contributed by atoms with Crippen LogP contribution in [-0.4, -0.2) is 12.4 Å². The molecule has 106 valence electrons. The normalized spacial score (nSPS) is 22.5. The van der Waals surface area contributed by atoms with Gasteiger partial charge in [-0.3, -0.25) is 4.79 Å². The summed E-state index contributed by atoms with van der Waals surface area (Å²) >= 11 is 6.14. The molecule has 0 saturated heterocycles. The van der Waals surface area contributed by atoms with Crippen molar-refractivity contribution in [1.29, 1.82) is 0 Å². The first kappa shape index (κ1) is 12.9. The van der Waals surface area contributed by atoms with E-state index in [-0.39, 0.29) is 11.7 Å². The molecule has 0 amide bonds. The highest BCUT2D eigenvalue weighted by Crippen LogP contribution is 2.50. The van der Waals surface area contributed by atoms with Crippen LogP contribution in [-0.2, 0) is 6.42 Å². The molecule has 2 aromatic rings. The van der Waals surface area contributed by atoms with Crippen LogP contribution in [0.3, 0.4) is 0 Å². The highest BCUT2D eigenvalue weighted by Gasteiger charge is 2.45. The SMILES string of the molecule is O=C(c1cc(Cl)cc2c1OCC2)C1CC1c1ccccc1. The fourth-order valence-corrected chi connectivity index (χ4v) is 3.45. The van der Waals surface area contributed by atoms with Gasteiger partial charge in [0.1, 0.15) is 5.75 Å². The molecule has 1 fully saturated rings. The van der Waals surface area contributed by atoms with Gasteiger partial charge in [-0.15, -0.1) is 0 Å². The summed E-state index contributed by atoms with van der Waals surface area (Å²) in [6.07, 6.45) is 1.76. The van der Waals surface area contributed by atoms with E-state index in [0.717, 1.165) is 24.2 Å². The van der Waals surface area contributed by atoms with Crippen molar-refractivity contribution in [3.63, 3.8) is 0 Å². The van der Waals surface area contributed by atoms with Gasteiger partial charge in [-0.2, -0.15) is 0 Å². The van der Waals surface area contributed by atoms with Crippen molar-refractivity contribution in [2.45, 2.75) is 18.8 Å². The summed E-state index contributed by atoms with van der Waals surface area (Å²) in [6, 6.07) is 13.9. The number of halogens is 1. The predicted octanol–water partition coefficient (Wildman–Crippen LogP) is 4.26. The van der Waals surface area contributed by atoms with Gasteiger partial charge in [0.25, 0.3) is 0 Å². The lowest BCUT2D eigenvalue weighted by molar-refractivity contribution is 0.0962. The lowest BCUT2D eigenvalue weighted by Gasteiger charge is -2.08. The number of hydrogen-bond acceptors (Lipinski definition) is 2. The smallest absolute Gasteiger partial charge is 0.170 e. The van der Waals surface area contributed by atoms with E-state index in [2.05, 4.69) is 12.1 Å². The minimum Gasteiger partial charge on any atom is -0.492 e. The molecule has 0 radical (unpaired) electrons. The maximum atomic E-state index is 12.8. The minimum absolute atomic E-state index is 0.0687. The molecule has 1 aliphatic heterocycles. The van der Waals surface area contributed by atoms with Crippen LogP contribution in [0.15, 0.2) is 42.5 Å². The quantitative estimate of drug-likeness (QED) is 0.791. The lowest BCUT2D eigenvalue weighted by atomic mass is 9.99. The number of hydrogen-bond donors (Lipinski definition) is 0. The van der Waals surface area contributed by atoms with Crippen LogP contribution < -0.4 is 4.74 Å². The Bertz CT molecular complexity index is 709. The second-order valence-electron chi connectivity index (χ2n) is 5.76. The van der Waals surface area contributed by atoms with Crippen LogP contribution in [0.25, 0.3) is 0 Å². The Labute approximate surface area is 128 Å². The number of Topliss-reactive ketones (excluding diaryl/α,β-unsaturated/α-hetero) is 1. The maximum Gasteiger partial charge on any atom is 0.170 e. The molecule has 1 heterocycles. The molecule has 0 N–H and O–H groups in total. The van der Waals surface area contributed by atoms with Gasteiger partial charge in [-0.25, -0.2) is 0 Å². The third-order valence-corrected chi connectivity index (χ3v) is 4.59. The zero-order chi connectivity index (χ0) is 14.4. The zero-order valence-corrected chi connectivity index (χ0v) is 12.3. The molecule has 2 nitrogen and oxygen atoms in total. The maximum absolute atomic E-state index is 12.8. The monoisotopic (exact) mass is 298 g/mol. The number of carbonyl (C=O) groups excluding carboxylic acids is 1. The predicted molar refractivity (Wildman–Crippen MR) is 82.3 cm³/mol. The van der Waals surface area contributed by atoms with Crippen LogP contribution in [0.4, 0.5) is 0 Å². The van der Waals surface area contributed by atoms with E-state index < -0.39 is 0 Å². The summed E-state index contributed by atoms with van der Waals surface area (Å²) in [6.45, 7) is 0.642. The van der Waals surface area contributed by atoms with Gasteiger partial charge in [0.15, 0.2) is 5.78 Å². The van der Waals surface area contributed by atoms with Crippen molar-refractivity contribution >= 4 is 17.4 Å². The van der Waals surface area contributed by atoms with Crippen molar-refractivity contribution < 1.29 is 9.53 Å². The van der Waals surface area contributed by atoms with Crippen LogP contribution >= 0.6 is 11.6 Å². The molecule has 0 spiro atoms. The van der Waals surface area contributed by atoms with E-state index in [1.807, 2.05) is 24.3 Å². The number of carbonyl (C=O) groups is 1. The fraction of sp³-hybridized carbons (Fsp3) is 0.278. The number of rotatable bonds is 3. The van der Waals surface area contributed by atoms with E-state index in [0.29, 0.717) is 23.1 Å². The molecule has 2 unspecified atom stereocenters. The number of ether oxygens (including phenoxy) is 1. The van der Waals surface area contributed by atoms with Crippen LogP contribution in [0.5, 0.6) is 5.75 Å². The second kappa shape index (κ2) is 4.88. The summed E-state index contributed by atoms with van der Waals surface area (Å²) in [5.41, 5.74) is 2.97. The Balaban J connectivity index is 1.63. The van der Waals surface area contributed by atoms with Crippen molar-refractivity contribution in [3.05, 3.63) is 64.2 Å². The Morgan fingerprint density at radius 2 is 2.00 bits per heavy atom. The number of benzene rings is 2. The van der Waals surface area contributed by atoms with Crippen molar-refractivity contribution in [2.24, 2.45) is 5.92 Å². The fourth-order valence-electron chi connectivity index (χ4n) is 3.21. The summed E-state index contributed by atoms with van der Waals surface area (Å²) in [4.78, 5) is 12.8. The van der Waals surface area contributed by atoms with E-state index in [1.165, 1.54) is 5.56 Å². The first-order valence-corrected chi connectivity index (χ1v) is 7.66.